The van der Waals surface area contributed by atoms with Crippen LogP contribution in [0.25, 0.3) is 44.4 Å². The van der Waals surface area contributed by atoms with Crippen LogP contribution in [0.4, 0.5) is 9.59 Å². The number of aromatic nitrogens is 4. The summed E-state index contributed by atoms with van der Waals surface area (Å²) in [5, 5.41) is 7.48. The van der Waals surface area contributed by atoms with E-state index in [4.69, 9.17) is 9.72 Å². The molecule has 4 amide bonds. The number of fused-ring (bicyclic) bond motifs is 1. The fourth-order valence-electron chi connectivity index (χ4n) is 8.05. The monoisotopic (exact) mass is 788 g/mol. The third-order valence-electron chi connectivity index (χ3n) is 11.7. The number of alkyl carbamates (subject to hydrolysis) is 2. The minimum absolute atomic E-state index is 0.106. The Labute approximate surface area is 338 Å². The number of H-pyrrole nitrogens is 2. The summed E-state index contributed by atoms with van der Waals surface area (Å²) in [7, 11) is 2.57. The molecule has 3 heterocycles. The standard InChI is InChI=1S/C44H52N8O6/c1-8-51(40(53)26(4)47-42(55)57-6)27(5)38-45-22-34(48-38)29-11-9-28(10-12-29)30-13-14-32-20-33(16-15-31(32)19-30)35-23-46-39(49-35)36-21-44(17-18-44)24-52(36)41(54)37(25(2)3)50-43(56)58-7/h9-16,19-20,22-23,25-27,36-37H,8,17-18,21,24H2,1-7H3,(H,45,48)(H,46,49)(H,47,55)(H,50,56)/t26-,27-,36-,37-/m0/s1. The highest BCUT2D eigenvalue weighted by Gasteiger charge is 2.55. The third-order valence-corrected chi connectivity index (χ3v) is 11.7. The summed E-state index contributed by atoms with van der Waals surface area (Å²) < 4.78 is 9.46. The Morgan fingerprint density at radius 2 is 1.40 bits per heavy atom. The van der Waals surface area contributed by atoms with E-state index in [1.165, 1.54) is 14.2 Å². The quantitative estimate of drug-likeness (QED) is 0.101. The van der Waals surface area contributed by atoms with E-state index < -0.39 is 24.3 Å². The number of carbonyl (C=O) groups is 4. The number of benzene rings is 3. The molecule has 14 heteroatoms. The number of carbonyl (C=O) groups excluding carboxylic acids is 4. The van der Waals surface area contributed by atoms with Gasteiger partial charge in [0.25, 0.3) is 0 Å². The second-order valence-corrected chi connectivity index (χ2v) is 15.9. The van der Waals surface area contributed by atoms with Gasteiger partial charge in [-0.2, -0.15) is 0 Å². The molecule has 0 radical (unpaired) electrons. The number of rotatable bonds is 12. The SMILES string of the molecule is CCN(C(=O)[C@H](C)NC(=O)OC)[C@@H](C)c1ncc(-c2ccc(-c3ccc4cc(-c5cnc([C@@H]6CC7(CC7)CN6C(=O)[C@@H](NC(=O)OC)C(C)C)[nH]5)ccc4c3)cc2)[nH]1. The number of likely N-dealkylation sites (tertiary alicyclic amines) is 1. The zero-order valence-corrected chi connectivity index (χ0v) is 34.1. The Morgan fingerprint density at radius 1 is 0.810 bits per heavy atom. The third kappa shape index (κ3) is 8.13. The molecule has 304 valence electrons. The number of nitrogens with zero attached hydrogens (tertiary/aromatic N) is 4. The van der Waals surface area contributed by atoms with Crippen LogP contribution < -0.4 is 10.6 Å². The maximum absolute atomic E-state index is 13.9. The minimum atomic E-state index is -0.745. The van der Waals surface area contributed by atoms with Gasteiger partial charge in [-0.15, -0.1) is 0 Å². The fraction of sp³-hybridized carbons (Fsp3) is 0.409. The first kappa shape index (κ1) is 40.0. The molecular formula is C44H52N8O6. The smallest absolute Gasteiger partial charge is 0.407 e. The van der Waals surface area contributed by atoms with Gasteiger partial charge in [0.15, 0.2) is 0 Å². The summed E-state index contributed by atoms with van der Waals surface area (Å²) in [6.07, 6.45) is 5.35. The molecule has 0 bridgehead atoms. The first-order valence-corrected chi connectivity index (χ1v) is 19.9. The molecule has 1 saturated carbocycles. The topological polar surface area (TPSA) is 175 Å². The summed E-state index contributed by atoms with van der Waals surface area (Å²) in [4.78, 5) is 70.6. The van der Waals surface area contributed by atoms with Crippen molar-refractivity contribution in [1.29, 1.82) is 0 Å². The van der Waals surface area contributed by atoms with Crippen molar-refractivity contribution in [1.82, 2.24) is 40.4 Å². The lowest BCUT2D eigenvalue weighted by Crippen LogP contribution is -2.51. The van der Waals surface area contributed by atoms with Crippen LogP contribution in [0, 0.1) is 11.3 Å². The normalized spacial score (nSPS) is 17.2. The molecule has 4 atom stereocenters. The van der Waals surface area contributed by atoms with Gasteiger partial charge in [0.05, 0.1) is 50.1 Å². The maximum Gasteiger partial charge on any atom is 0.407 e. The van der Waals surface area contributed by atoms with Crippen LogP contribution in [0.3, 0.4) is 0 Å². The summed E-state index contributed by atoms with van der Waals surface area (Å²) in [5.74, 6) is 0.952. The van der Waals surface area contributed by atoms with Gasteiger partial charge in [-0.05, 0) is 91.0 Å². The highest BCUT2D eigenvalue weighted by atomic mass is 16.5. The second-order valence-electron chi connectivity index (χ2n) is 15.9. The van der Waals surface area contributed by atoms with Crippen molar-refractivity contribution in [2.24, 2.45) is 11.3 Å². The van der Waals surface area contributed by atoms with Gasteiger partial charge in [0.1, 0.15) is 23.7 Å². The average molecular weight is 789 g/mol. The fourth-order valence-corrected chi connectivity index (χ4v) is 8.05. The summed E-state index contributed by atoms with van der Waals surface area (Å²) >= 11 is 0. The Bertz CT molecular complexity index is 2310. The van der Waals surface area contributed by atoms with Crippen molar-refractivity contribution >= 4 is 34.8 Å². The Morgan fingerprint density at radius 3 is 2.03 bits per heavy atom. The van der Waals surface area contributed by atoms with Crippen LogP contribution in [-0.2, 0) is 19.1 Å². The van der Waals surface area contributed by atoms with Gasteiger partial charge in [0.2, 0.25) is 11.8 Å². The maximum atomic E-state index is 13.9. The lowest BCUT2D eigenvalue weighted by molar-refractivity contribution is -0.136. The average Bonchev–Trinajstić information content (AvgIpc) is 3.57. The number of imidazole rings is 2. The molecule has 14 nitrogen and oxygen atoms in total. The molecule has 4 N–H and O–H groups in total. The number of amides is 4. The molecule has 0 unspecified atom stereocenters. The van der Waals surface area contributed by atoms with Crippen molar-refractivity contribution in [2.75, 3.05) is 27.3 Å². The van der Waals surface area contributed by atoms with Gasteiger partial charge < -0.3 is 39.9 Å². The lowest BCUT2D eigenvalue weighted by atomic mass is 9.98. The van der Waals surface area contributed by atoms with E-state index in [9.17, 15) is 19.2 Å². The number of ether oxygens (including phenoxy) is 2. The van der Waals surface area contributed by atoms with Crippen molar-refractivity contribution in [2.45, 2.75) is 78.0 Å². The van der Waals surface area contributed by atoms with Crippen LogP contribution in [0.1, 0.15) is 77.6 Å². The molecule has 2 fully saturated rings. The van der Waals surface area contributed by atoms with E-state index in [0.29, 0.717) is 18.9 Å². The molecule has 1 saturated heterocycles. The van der Waals surface area contributed by atoms with E-state index in [-0.39, 0.29) is 35.2 Å². The number of hydrogen-bond donors (Lipinski definition) is 4. The van der Waals surface area contributed by atoms with Gasteiger partial charge in [0, 0.05) is 18.7 Å². The van der Waals surface area contributed by atoms with Crippen LogP contribution in [0.15, 0.2) is 73.1 Å². The van der Waals surface area contributed by atoms with E-state index in [2.05, 4.69) is 78.9 Å². The van der Waals surface area contributed by atoms with Crippen LogP contribution in [-0.4, -0.2) is 93.1 Å². The molecule has 3 aromatic carbocycles. The van der Waals surface area contributed by atoms with Gasteiger partial charge in [-0.3, -0.25) is 9.59 Å². The van der Waals surface area contributed by atoms with Crippen molar-refractivity contribution in [3.63, 3.8) is 0 Å². The first-order valence-electron chi connectivity index (χ1n) is 19.9. The number of nitrogens with one attached hydrogen (secondary N) is 4. The minimum Gasteiger partial charge on any atom is -0.453 e. The van der Waals surface area contributed by atoms with Gasteiger partial charge in [-0.25, -0.2) is 19.6 Å². The zero-order chi connectivity index (χ0) is 41.3. The number of likely N-dealkylation sites (N-methyl/N-ethyl adjacent to an activating group) is 1. The molecule has 7 rings (SSSR count). The van der Waals surface area contributed by atoms with Crippen LogP contribution >= 0.6 is 0 Å². The lowest BCUT2D eigenvalue weighted by Gasteiger charge is -2.30. The molecule has 2 aliphatic rings. The predicted molar refractivity (Wildman–Crippen MR) is 220 cm³/mol. The largest absolute Gasteiger partial charge is 0.453 e. The summed E-state index contributed by atoms with van der Waals surface area (Å²) in [5.41, 5.74) is 5.95. The van der Waals surface area contributed by atoms with E-state index >= 15 is 0 Å². The molecule has 58 heavy (non-hydrogen) atoms. The van der Waals surface area contributed by atoms with Crippen molar-refractivity contribution in [3.8, 4) is 33.6 Å². The Hall–Kier alpha value is -6.18. The van der Waals surface area contributed by atoms with Crippen LogP contribution in [0.5, 0.6) is 0 Å². The molecule has 1 aliphatic carbocycles. The zero-order valence-electron chi connectivity index (χ0n) is 34.1. The second kappa shape index (κ2) is 16.4. The summed E-state index contributed by atoms with van der Waals surface area (Å²) in [6.45, 7) is 10.4. The first-order chi connectivity index (χ1) is 27.8. The van der Waals surface area contributed by atoms with Crippen LogP contribution in [0.2, 0.25) is 0 Å². The summed E-state index contributed by atoms with van der Waals surface area (Å²) in [6, 6.07) is 19.1. The van der Waals surface area contributed by atoms with Crippen molar-refractivity contribution < 1.29 is 28.7 Å². The highest BCUT2D eigenvalue weighted by Crippen LogP contribution is 2.58. The van der Waals surface area contributed by atoms with Crippen molar-refractivity contribution in [3.05, 3.63) is 84.7 Å². The van der Waals surface area contributed by atoms with Gasteiger partial charge >= 0.3 is 12.2 Å². The number of methoxy groups -OCH3 is 2. The molecule has 1 spiro atoms. The Balaban J connectivity index is 1.04. The number of aromatic amines is 2. The predicted octanol–water partition coefficient (Wildman–Crippen LogP) is 7.38. The van der Waals surface area contributed by atoms with E-state index in [1.54, 1.807) is 18.0 Å². The van der Waals surface area contributed by atoms with Gasteiger partial charge in [-0.1, -0.05) is 62.4 Å². The highest BCUT2D eigenvalue weighted by molar-refractivity contribution is 5.91. The molecule has 5 aromatic rings. The Kier molecular flexibility index (Phi) is 11.3. The molecule has 1 aliphatic heterocycles. The van der Waals surface area contributed by atoms with E-state index in [1.807, 2.05) is 50.9 Å². The number of hydrogen-bond acceptors (Lipinski definition) is 8. The molecular weight excluding hydrogens is 737 g/mol. The molecule has 2 aromatic heterocycles. The van der Waals surface area contributed by atoms with E-state index in [0.717, 1.165) is 69.5 Å².